The van der Waals surface area contributed by atoms with Crippen molar-refractivity contribution in [2.45, 2.75) is 34.2 Å². The number of carbonyl (C=O) groups excluding carboxylic acids is 1. The molecule has 0 aromatic carbocycles. The second kappa shape index (κ2) is 5.66. The van der Waals surface area contributed by atoms with E-state index in [1.165, 1.54) is 0 Å². The maximum atomic E-state index is 11.7. The Morgan fingerprint density at radius 3 is 2.53 bits per heavy atom. The summed E-state index contributed by atoms with van der Waals surface area (Å²) in [6, 6.07) is 0. The molecule has 0 unspecified atom stereocenters. The lowest BCUT2D eigenvalue weighted by atomic mass is 9.95. The summed E-state index contributed by atoms with van der Waals surface area (Å²) in [4.78, 5) is 11.7. The second-order valence-corrected chi connectivity index (χ2v) is 4.33. The molecule has 0 saturated carbocycles. The first kappa shape index (κ1) is 13.5. The number of nitrogens with zero attached hydrogens (tertiary/aromatic N) is 2. The Labute approximate surface area is 103 Å². The first-order valence-corrected chi connectivity index (χ1v) is 5.96. The van der Waals surface area contributed by atoms with Crippen LogP contribution in [0.15, 0.2) is 18.0 Å². The molecule has 0 aliphatic rings. The van der Waals surface area contributed by atoms with Crippen molar-refractivity contribution in [2.75, 3.05) is 7.05 Å². The molecule has 0 bridgehead atoms. The minimum atomic E-state index is 0.105. The van der Waals surface area contributed by atoms with E-state index in [9.17, 15) is 4.79 Å². The number of aromatic nitrogens is 2. The SMILES string of the molecule is CCn1cc(/C(NC)=C(/C(C)=O)C(C)C)cn1. The topological polar surface area (TPSA) is 46.9 Å². The molecule has 0 atom stereocenters. The summed E-state index contributed by atoms with van der Waals surface area (Å²) < 4.78 is 1.85. The van der Waals surface area contributed by atoms with E-state index < -0.39 is 0 Å². The summed E-state index contributed by atoms with van der Waals surface area (Å²) in [6.07, 6.45) is 3.75. The Morgan fingerprint density at radius 1 is 1.53 bits per heavy atom. The van der Waals surface area contributed by atoms with Crippen LogP contribution < -0.4 is 5.32 Å². The van der Waals surface area contributed by atoms with Gasteiger partial charge in [-0.2, -0.15) is 5.10 Å². The number of nitrogens with one attached hydrogen (secondary N) is 1. The molecular weight excluding hydrogens is 214 g/mol. The predicted octanol–water partition coefficient (Wildman–Crippen LogP) is 2.08. The zero-order valence-electron chi connectivity index (χ0n) is 11.2. The average Bonchev–Trinajstić information content (AvgIpc) is 2.72. The van der Waals surface area contributed by atoms with Crippen LogP contribution in [-0.4, -0.2) is 22.6 Å². The normalized spacial score (nSPS) is 12.6. The Bertz CT molecular complexity index is 430. The average molecular weight is 235 g/mol. The minimum absolute atomic E-state index is 0.105. The fourth-order valence-corrected chi connectivity index (χ4v) is 1.97. The number of hydrogen-bond donors (Lipinski definition) is 1. The summed E-state index contributed by atoms with van der Waals surface area (Å²) in [5, 5.41) is 7.36. The first-order chi connectivity index (χ1) is 8.01. The lowest BCUT2D eigenvalue weighted by molar-refractivity contribution is -0.114. The molecule has 0 saturated heterocycles. The largest absolute Gasteiger partial charge is 0.387 e. The van der Waals surface area contributed by atoms with Gasteiger partial charge in [-0.3, -0.25) is 9.48 Å². The van der Waals surface area contributed by atoms with Gasteiger partial charge in [-0.15, -0.1) is 0 Å². The van der Waals surface area contributed by atoms with Crippen molar-refractivity contribution in [3.63, 3.8) is 0 Å². The van der Waals surface area contributed by atoms with Crippen LogP contribution in [0.25, 0.3) is 5.70 Å². The molecule has 4 nitrogen and oxygen atoms in total. The molecule has 0 aliphatic heterocycles. The van der Waals surface area contributed by atoms with Crippen molar-refractivity contribution < 1.29 is 4.79 Å². The van der Waals surface area contributed by atoms with E-state index in [0.717, 1.165) is 23.4 Å². The van der Waals surface area contributed by atoms with Gasteiger partial charge in [0, 0.05) is 30.9 Å². The van der Waals surface area contributed by atoms with Gasteiger partial charge in [-0.05, 0) is 19.8 Å². The Morgan fingerprint density at radius 2 is 2.18 bits per heavy atom. The van der Waals surface area contributed by atoms with Gasteiger partial charge in [-0.25, -0.2) is 0 Å². The third-order valence-corrected chi connectivity index (χ3v) is 2.72. The summed E-state index contributed by atoms with van der Waals surface area (Å²) in [7, 11) is 1.84. The Kier molecular flexibility index (Phi) is 4.49. The highest BCUT2D eigenvalue weighted by Crippen LogP contribution is 2.22. The van der Waals surface area contributed by atoms with E-state index in [-0.39, 0.29) is 11.7 Å². The van der Waals surface area contributed by atoms with Gasteiger partial charge in [0.1, 0.15) is 0 Å². The van der Waals surface area contributed by atoms with Gasteiger partial charge in [0.25, 0.3) is 0 Å². The Balaban J connectivity index is 3.28. The lowest BCUT2D eigenvalue weighted by Crippen LogP contribution is -2.15. The molecule has 4 heteroatoms. The van der Waals surface area contributed by atoms with Gasteiger partial charge in [0.15, 0.2) is 5.78 Å². The molecule has 17 heavy (non-hydrogen) atoms. The third-order valence-electron chi connectivity index (χ3n) is 2.72. The van der Waals surface area contributed by atoms with Crippen molar-refractivity contribution >= 4 is 11.5 Å². The fourth-order valence-electron chi connectivity index (χ4n) is 1.97. The monoisotopic (exact) mass is 235 g/mol. The highest BCUT2D eigenvalue weighted by Gasteiger charge is 2.17. The lowest BCUT2D eigenvalue weighted by Gasteiger charge is -2.14. The second-order valence-electron chi connectivity index (χ2n) is 4.33. The first-order valence-electron chi connectivity index (χ1n) is 5.96. The molecule has 94 valence electrons. The van der Waals surface area contributed by atoms with Crippen molar-refractivity contribution in [3.8, 4) is 0 Å². The number of ketones is 1. The summed E-state index contributed by atoms with van der Waals surface area (Å²) in [5.41, 5.74) is 2.67. The van der Waals surface area contributed by atoms with Crippen LogP contribution >= 0.6 is 0 Å². The van der Waals surface area contributed by atoms with Crippen LogP contribution in [0.1, 0.15) is 33.3 Å². The number of Topliss-reactive ketones (excluding diaryl/α,β-unsaturated/α-hetero) is 1. The standard InChI is InChI=1S/C13H21N3O/c1-6-16-8-11(7-15-16)13(14-5)12(9(2)3)10(4)17/h7-9,14H,6H2,1-5H3/b13-12-. The number of aryl methyl sites for hydroxylation is 1. The summed E-state index contributed by atoms with van der Waals surface area (Å²) >= 11 is 0. The Hall–Kier alpha value is -1.58. The van der Waals surface area contributed by atoms with Crippen molar-refractivity contribution in [1.82, 2.24) is 15.1 Å². The highest BCUT2D eigenvalue weighted by molar-refractivity contribution is 6.01. The van der Waals surface area contributed by atoms with Gasteiger partial charge in [0.05, 0.1) is 11.9 Å². The van der Waals surface area contributed by atoms with E-state index in [4.69, 9.17) is 0 Å². The zero-order chi connectivity index (χ0) is 13.0. The molecule has 1 heterocycles. The van der Waals surface area contributed by atoms with Crippen LogP contribution in [0.4, 0.5) is 0 Å². The van der Waals surface area contributed by atoms with Crippen LogP contribution in [0.3, 0.4) is 0 Å². The van der Waals surface area contributed by atoms with Crippen LogP contribution in [0.5, 0.6) is 0 Å². The molecule has 0 aliphatic carbocycles. The van der Waals surface area contributed by atoms with Crippen LogP contribution in [0.2, 0.25) is 0 Å². The van der Waals surface area contributed by atoms with Gasteiger partial charge in [-0.1, -0.05) is 13.8 Å². The van der Waals surface area contributed by atoms with Crippen LogP contribution in [-0.2, 0) is 11.3 Å². The highest BCUT2D eigenvalue weighted by atomic mass is 16.1. The van der Waals surface area contributed by atoms with E-state index in [1.54, 1.807) is 13.1 Å². The maximum absolute atomic E-state index is 11.7. The number of rotatable bonds is 5. The van der Waals surface area contributed by atoms with Gasteiger partial charge < -0.3 is 5.32 Å². The van der Waals surface area contributed by atoms with E-state index >= 15 is 0 Å². The molecule has 1 rings (SSSR count). The van der Waals surface area contributed by atoms with Crippen molar-refractivity contribution in [1.29, 1.82) is 0 Å². The molecule has 1 N–H and O–H groups in total. The van der Waals surface area contributed by atoms with Crippen molar-refractivity contribution in [2.24, 2.45) is 5.92 Å². The molecule has 1 aromatic rings. The number of allylic oxidation sites excluding steroid dienone is 1. The molecular formula is C13H21N3O. The van der Waals surface area contributed by atoms with Crippen molar-refractivity contribution in [3.05, 3.63) is 23.5 Å². The third kappa shape index (κ3) is 2.96. The molecule has 0 fully saturated rings. The minimum Gasteiger partial charge on any atom is -0.387 e. The molecule has 1 aromatic heterocycles. The molecule has 0 amide bonds. The van der Waals surface area contributed by atoms with Gasteiger partial charge in [0.2, 0.25) is 0 Å². The van der Waals surface area contributed by atoms with E-state index in [0.29, 0.717) is 0 Å². The summed E-state index contributed by atoms with van der Waals surface area (Å²) in [5.74, 6) is 0.300. The fraction of sp³-hybridized carbons (Fsp3) is 0.538. The number of carbonyl (C=O) groups is 1. The van der Waals surface area contributed by atoms with Gasteiger partial charge >= 0.3 is 0 Å². The zero-order valence-corrected chi connectivity index (χ0v) is 11.2. The molecule has 0 radical (unpaired) electrons. The maximum Gasteiger partial charge on any atom is 0.158 e. The predicted molar refractivity (Wildman–Crippen MR) is 69.4 cm³/mol. The van der Waals surface area contributed by atoms with E-state index in [1.807, 2.05) is 38.7 Å². The number of hydrogen-bond acceptors (Lipinski definition) is 3. The smallest absolute Gasteiger partial charge is 0.158 e. The van der Waals surface area contributed by atoms with Crippen LogP contribution in [0, 0.1) is 5.92 Å². The van der Waals surface area contributed by atoms with E-state index in [2.05, 4.69) is 10.4 Å². The molecule has 0 spiro atoms. The quantitative estimate of drug-likeness (QED) is 0.795. The summed E-state index contributed by atoms with van der Waals surface area (Å²) in [6.45, 7) is 8.52.